The van der Waals surface area contributed by atoms with Crippen LogP contribution < -0.4 is 5.32 Å². The molecular formula is C12H12N4S2. The molecule has 3 aromatic heterocycles. The van der Waals surface area contributed by atoms with Gasteiger partial charge in [-0.2, -0.15) is 0 Å². The number of hydrogen-bond acceptors (Lipinski definition) is 6. The van der Waals surface area contributed by atoms with Gasteiger partial charge in [-0.15, -0.1) is 22.7 Å². The maximum atomic E-state index is 4.44. The summed E-state index contributed by atoms with van der Waals surface area (Å²) in [7, 11) is 0. The summed E-state index contributed by atoms with van der Waals surface area (Å²) in [4.78, 5) is 14.0. The molecule has 92 valence electrons. The van der Waals surface area contributed by atoms with Crippen LogP contribution in [0.25, 0.3) is 10.2 Å². The van der Waals surface area contributed by atoms with Crippen molar-refractivity contribution >= 4 is 38.7 Å². The van der Waals surface area contributed by atoms with E-state index in [2.05, 4.69) is 31.7 Å². The van der Waals surface area contributed by atoms with Gasteiger partial charge < -0.3 is 5.32 Å². The Morgan fingerprint density at radius 1 is 1.28 bits per heavy atom. The predicted molar refractivity (Wildman–Crippen MR) is 76.5 cm³/mol. The van der Waals surface area contributed by atoms with E-state index in [-0.39, 0.29) is 0 Å². The van der Waals surface area contributed by atoms with Crippen LogP contribution in [0.1, 0.15) is 10.7 Å². The largest absolute Gasteiger partial charge is 0.369 e. The van der Waals surface area contributed by atoms with Crippen LogP contribution in [0.15, 0.2) is 23.2 Å². The van der Waals surface area contributed by atoms with Crippen molar-refractivity contribution in [2.75, 3.05) is 11.9 Å². The fourth-order valence-corrected chi connectivity index (χ4v) is 3.24. The highest BCUT2D eigenvalue weighted by Crippen LogP contribution is 2.23. The average molecular weight is 276 g/mol. The Balaban J connectivity index is 1.68. The van der Waals surface area contributed by atoms with E-state index in [0.29, 0.717) is 0 Å². The lowest BCUT2D eigenvalue weighted by Gasteiger charge is -2.04. The monoisotopic (exact) mass is 276 g/mol. The van der Waals surface area contributed by atoms with E-state index in [4.69, 9.17) is 0 Å². The number of thiophene rings is 1. The molecule has 0 amide bonds. The van der Waals surface area contributed by atoms with Crippen molar-refractivity contribution in [2.45, 2.75) is 13.3 Å². The van der Waals surface area contributed by atoms with E-state index >= 15 is 0 Å². The fraction of sp³-hybridized carbons (Fsp3) is 0.250. The first kappa shape index (κ1) is 11.6. The minimum absolute atomic E-state index is 0.842. The Labute approximate surface area is 113 Å². The molecule has 3 aromatic rings. The van der Waals surface area contributed by atoms with Crippen LogP contribution in [0.3, 0.4) is 0 Å². The number of anilines is 1. The first-order valence-electron chi connectivity index (χ1n) is 5.66. The number of aromatic nitrogens is 3. The highest BCUT2D eigenvalue weighted by Gasteiger charge is 2.04. The van der Waals surface area contributed by atoms with E-state index in [9.17, 15) is 0 Å². The number of rotatable bonds is 4. The van der Waals surface area contributed by atoms with Crippen LogP contribution in [-0.4, -0.2) is 21.5 Å². The molecule has 0 aliphatic rings. The minimum Gasteiger partial charge on any atom is -0.369 e. The number of hydrogen-bond donors (Lipinski definition) is 1. The van der Waals surface area contributed by atoms with Gasteiger partial charge in [0.1, 0.15) is 17.0 Å². The number of thiazole rings is 1. The maximum absolute atomic E-state index is 4.44. The van der Waals surface area contributed by atoms with Crippen LogP contribution in [0.4, 0.5) is 5.82 Å². The van der Waals surface area contributed by atoms with E-state index in [1.165, 1.54) is 0 Å². The Hall–Kier alpha value is -1.53. The molecule has 3 rings (SSSR count). The maximum Gasteiger partial charge on any atom is 0.138 e. The smallest absolute Gasteiger partial charge is 0.138 e. The van der Waals surface area contributed by atoms with Gasteiger partial charge in [-0.25, -0.2) is 15.0 Å². The van der Waals surface area contributed by atoms with Crippen LogP contribution in [0.2, 0.25) is 0 Å². The van der Waals surface area contributed by atoms with Crippen molar-refractivity contribution in [2.24, 2.45) is 0 Å². The molecule has 0 spiro atoms. The molecule has 3 heterocycles. The Kier molecular flexibility index (Phi) is 3.21. The Morgan fingerprint density at radius 2 is 2.22 bits per heavy atom. The third-order valence-electron chi connectivity index (χ3n) is 2.56. The predicted octanol–water partition coefficient (Wildman–Crippen LogP) is 3.11. The molecule has 0 unspecified atom stereocenters. The van der Waals surface area contributed by atoms with Gasteiger partial charge >= 0.3 is 0 Å². The summed E-state index contributed by atoms with van der Waals surface area (Å²) >= 11 is 3.34. The lowest BCUT2D eigenvalue weighted by Crippen LogP contribution is -2.06. The summed E-state index contributed by atoms with van der Waals surface area (Å²) < 4.78 is 0. The quantitative estimate of drug-likeness (QED) is 0.795. The van der Waals surface area contributed by atoms with E-state index in [1.807, 2.05) is 12.3 Å². The van der Waals surface area contributed by atoms with Gasteiger partial charge in [0.05, 0.1) is 10.4 Å². The molecule has 1 N–H and O–H groups in total. The van der Waals surface area contributed by atoms with Crippen molar-refractivity contribution < 1.29 is 0 Å². The lowest BCUT2D eigenvalue weighted by atomic mass is 10.3. The molecule has 18 heavy (non-hydrogen) atoms. The van der Waals surface area contributed by atoms with Crippen molar-refractivity contribution in [1.29, 1.82) is 0 Å². The minimum atomic E-state index is 0.842. The van der Waals surface area contributed by atoms with Crippen molar-refractivity contribution in [1.82, 2.24) is 15.0 Å². The van der Waals surface area contributed by atoms with Gasteiger partial charge in [-0.1, -0.05) is 0 Å². The molecule has 0 saturated heterocycles. The highest BCUT2D eigenvalue weighted by molar-refractivity contribution is 7.16. The third-order valence-corrected chi connectivity index (χ3v) is 4.41. The standard InChI is InChI=1S/C12H12N4S2/c1-8-6-18-10(16-8)2-4-13-11-9-3-5-17-12(9)15-7-14-11/h3,5-7H,2,4H2,1H3,(H,13,14,15). The molecular weight excluding hydrogens is 264 g/mol. The number of aryl methyl sites for hydroxylation is 1. The molecule has 0 bridgehead atoms. The zero-order valence-corrected chi connectivity index (χ0v) is 11.5. The van der Waals surface area contributed by atoms with E-state index in [1.54, 1.807) is 29.0 Å². The van der Waals surface area contributed by atoms with Crippen LogP contribution in [0.5, 0.6) is 0 Å². The number of fused-ring (bicyclic) bond motifs is 1. The number of nitrogens with one attached hydrogen (secondary N) is 1. The van der Waals surface area contributed by atoms with Gasteiger partial charge in [0.25, 0.3) is 0 Å². The summed E-state index contributed by atoms with van der Waals surface area (Å²) in [6, 6.07) is 2.05. The van der Waals surface area contributed by atoms with Crippen LogP contribution in [0, 0.1) is 6.92 Å². The molecule has 0 fully saturated rings. The second kappa shape index (κ2) is 4.99. The number of nitrogens with zero attached hydrogens (tertiary/aromatic N) is 3. The fourth-order valence-electron chi connectivity index (χ4n) is 1.74. The van der Waals surface area contributed by atoms with Gasteiger partial charge in [-0.05, 0) is 18.4 Å². The van der Waals surface area contributed by atoms with Gasteiger partial charge in [-0.3, -0.25) is 0 Å². The molecule has 0 saturated carbocycles. The second-order valence-electron chi connectivity index (χ2n) is 3.92. The summed E-state index contributed by atoms with van der Waals surface area (Å²) in [6.07, 6.45) is 2.53. The van der Waals surface area contributed by atoms with E-state index in [0.717, 1.165) is 39.7 Å². The average Bonchev–Trinajstić information content (AvgIpc) is 2.98. The molecule has 0 aliphatic carbocycles. The first-order valence-corrected chi connectivity index (χ1v) is 7.42. The summed E-state index contributed by atoms with van der Waals surface area (Å²) in [5.74, 6) is 0.912. The molecule has 6 heteroatoms. The Morgan fingerprint density at radius 3 is 3.06 bits per heavy atom. The first-order chi connectivity index (χ1) is 8.83. The molecule has 0 atom stereocenters. The van der Waals surface area contributed by atoms with Crippen LogP contribution in [-0.2, 0) is 6.42 Å². The van der Waals surface area contributed by atoms with Crippen molar-refractivity contribution in [3.63, 3.8) is 0 Å². The Bertz CT molecular complexity index is 659. The zero-order chi connectivity index (χ0) is 12.4. The van der Waals surface area contributed by atoms with E-state index < -0.39 is 0 Å². The SMILES string of the molecule is Cc1csc(CCNc2ncnc3sccc23)n1. The third kappa shape index (κ3) is 2.34. The summed E-state index contributed by atoms with van der Waals surface area (Å²) in [5.41, 5.74) is 1.09. The summed E-state index contributed by atoms with van der Waals surface area (Å²) in [5, 5.41) is 9.73. The van der Waals surface area contributed by atoms with Crippen molar-refractivity contribution in [3.8, 4) is 0 Å². The molecule has 0 aliphatic heterocycles. The lowest BCUT2D eigenvalue weighted by molar-refractivity contribution is 0.978. The highest BCUT2D eigenvalue weighted by atomic mass is 32.1. The molecule has 0 aromatic carbocycles. The second-order valence-corrected chi connectivity index (χ2v) is 5.76. The molecule has 4 nitrogen and oxygen atoms in total. The zero-order valence-electron chi connectivity index (χ0n) is 9.88. The van der Waals surface area contributed by atoms with Gasteiger partial charge in [0, 0.05) is 24.0 Å². The molecule has 0 radical (unpaired) electrons. The normalized spacial score (nSPS) is 10.9. The topological polar surface area (TPSA) is 50.7 Å². The van der Waals surface area contributed by atoms with Gasteiger partial charge in [0.2, 0.25) is 0 Å². The van der Waals surface area contributed by atoms with Gasteiger partial charge in [0.15, 0.2) is 0 Å². The van der Waals surface area contributed by atoms with Crippen molar-refractivity contribution in [3.05, 3.63) is 33.9 Å². The summed E-state index contributed by atoms with van der Waals surface area (Å²) in [6.45, 7) is 2.86. The van der Waals surface area contributed by atoms with Crippen LogP contribution >= 0.6 is 22.7 Å².